The van der Waals surface area contributed by atoms with Crippen molar-refractivity contribution in [3.63, 3.8) is 0 Å². The van der Waals surface area contributed by atoms with Crippen LogP contribution in [0.4, 0.5) is 0 Å². The average Bonchev–Trinajstić information content (AvgIpc) is 2.26. The Balaban J connectivity index is 0.00000289. The van der Waals surface area contributed by atoms with E-state index in [1.165, 1.54) is 3.57 Å². The molecule has 0 unspecified atom stereocenters. The summed E-state index contributed by atoms with van der Waals surface area (Å²) in [5, 5.41) is 0. The minimum Gasteiger partial charge on any atom is -1.00 e. The Morgan fingerprint density at radius 1 is 1.22 bits per heavy atom. The monoisotopic (exact) mass is 424 g/mol. The molecule has 0 spiro atoms. The van der Waals surface area contributed by atoms with Crippen molar-refractivity contribution in [3.05, 3.63) is 43.7 Å². The molecule has 0 saturated heterocycles. The maximum absolute atomic E-state index is 11.6. The second-order valence-electron chi connectivity index (χ2n) is 4.76. The summed E-state index contributed by atoms with van der Waals surface area (Å²) in [5.41, 5.74) is -0.444. The number of esters is 1. The van der Waals surface area contributed by atoms with Crippen LogP contribution in [0.15, 0.2) is 40.2 Å². The van der Waals surface area contributed by atoms with Crippen LogP contribution in [0.2, 0.25) is 0 Å². The van der Waals surface area contributed by atoms with Crippen molar-refractivity contribution in [2.45, 2.75) is 27.7 Å². The van der Waals surface area contributed by atoms with Crippen molar-refractivity contribution in [1.82, 2.24) is 0 Å². The molecule has 0 aromatic heterocycles. The number of hydrogen-bond donors (Lipinski definition) is 0. The third-order valence-corrected chi connectivity index (χ3v) is 4.56. The zero-order valence-corrected chi connectivity index (χ0v) is 14.8. The summed E-state index contributed by atoms with van der Waals surface area (Å²) in [5.74, 6) is 0.532. The highest BCUT2D eigenvalue weighted by atomic mass is 127. The Hall–Kier alpha value is -0.360. The van der Waals surface area contributed by atoms with Gasteiger partial charge < -0.3 is 21.7 Å². The van der Waals surface area contributed by atoms with Crippen molar-refractivity contribution in [3.8, 4) is 0 Å². The van der Waals surface area contributed by atoms with Crippen LogP contribution < -0.4 is 38.2 Å². The maximum atomic E-state index is 11.6. The molecule has 0 heterocycles. The predicted octanol–water partition coefficient (Wildman–Crippen LogP) is -2.60. The van der Waals surface area contributed by atoms with E-state index in [-0.39, 0.29) is 44.2 Å². The molecule has 2 nitrogen and oxygen atoms in total. The number of allylic oxidation sites excluding steroid dienone is 1. The highest BCUT2D eigenvalue weighted by Crippen LogP contribution is 2.16. The fourth-order valence-electron chi connectivity index (χ4n) is 0.949. The molecule has 0 amide bonds. The van der Waals surface area contributed by atoms with E-state index in [1.807, 2.05) is 50.0 Å². The van der Waals surface area contributed by atoms with Crippen LogP contribution in [0.25, 0.3) is 0 Å². The van der Waals surface area contributed by atoms with Crippen LogP contribution in [0.1, 0.15) is 27.7 Å². The molecular weight excluding hydrogens is 407 g/mol. The summed E-state index contributed by atoms with van der Waals surface area (Å²) in [7, 11) is 0. The zero-order valence-electron chi connectivity index (χ0n) is 11.0. The molecule has 1 aromatic rings. The third kappa shape index (κ3) is 6.54. The van der Waals surface area contributed by atoms with E-state index < -0.39 is 5.41 Å². The van der Waals surface area contributed by atoms with Crippen LogP contribution in [0.5, 0.6) is 0 Å². The van der Waals surface area contributed by atoms with Crippen molar-refractivity contribution in [1.29, 1.82) is 0 Å². The van der Waals surface area contributed by atoms with Crippen LogP contribution in [0.3, 0.4) is 0 Å². The van der Waals surface area contributed by atoms with Gasteiger partial charge in [0.25, 0.3) is 0 Å². The summed E-state index contributed by atoms with van der Waals surface area (Å²) in [6.07, 6.45) is 0. The minimum atomic E-state index is -0.444. The summed E-state index contributed by atoms with van der Waals surface area (Å²) >= 11 is -0.221. The number of benzene rings is 1. The van der Waals surface area contributed by atoms with Crippen molar-refractivity contribution >= 4 is 5.97 Å². The normalized spacial score (nSPS) is 11.7. The number of rotatable bonds is 3. The molecule has 0 aliphatic carbocycles. The van der Waals surface area contributed by atoms with Crippen molar-refractivity contribution < 1.29 is 47.7 Å². The molecule has 4 heteroatoms. The van der Waals surface area contributed by atoms with Gasteiger partial charge in [0, 0.05) is 0 Å². The first-order valence-electron chi connectivity index (χ1n) is 5.47. The number of carbonyl (C=O) groups is 1. The average molecular weight is 425 g/mol. The molecule has 0 aliphatic heterocycles. The lowest BCUT2D eigenvalue weighted by Crippen LogP contribution is -3.59. The number of halogens is 2. The Kier molecular flexibility index (Phi) is 7.78. The Morgan fingerprint density at radius 3 is 2.28 bits per heavy atom. The van der Waals surface area contributed by atoms with E-state index >= 15 is 0 Å². The molecule has 0 atom stereocenters. The second-order valence-corrected chi connectivity index (χ2v) is 7.26. The third-order valence-electron chi connectivity index (χ3n) is 1.93. The molecule has 0 aliphatic rings. The Bertz CT molecular complexity index is 408. The maximum Gasteiger partial charge on any atom is 0.353 e. The van der Waals surface area contributed by atoms with Crippen LogP contribution >= 0.6 is 0 Å². The Labute approximate surface area is 130 Å². The molecule has 100 valence electrons. The molecule has 0 bridgehead atoms. The molecule has 0 saturated carbocycles. The number of ether oxygens (including phenoxy) is 1. The van der Waals surface area contributed by atoms with Gasteiger partial charge in [-0.15, -0.1) is 0 Å². The smallest absolute Gasteiger partial charge is 0.353 e. The van der Waals surface area contributed by atoms with E-state index in [2.05, 4.69) is 12.1 Å². The van der Waals surface area contributed by atoms with E-state index in [1.54, 1.807) is 0 Å². The van der Waals surface area contributed by atoms with E-state index in [4.69, 9.17) is 4.74 Å². The fraction of sp³-hybridized carbons (Fsp3) is 0.357. The first-order valence-corrected chi connectivity index (χ1v) is 7.79. The van der Waals surface area contributed by atoms with Gasteiger partial charge >= 0.3 is 27.2 Å². The summed E-state index contributed by atoms with van der Waals surface area (Å²) in [6, 6.07) is 10.3. The van der Waals surface area contributed by atoms with Gasteiger partial charge in [-0.3, -0.25) is 4.79 Å². The molecule has 0 radical (unpaired) electrons. The van der Waals surface area contributed by atoms with Gasteiger partial charge in [-0.05, 0) is 39.8 Å². The van der Waals surface area contributed by atoms with E-state index in [0.29, 0.717) is 5.76 Å². The van der Waals surface area contributed by atoms with Gasteiger partial charge in [0.1, 0.15) is 0 Å². The topological polar surface area (TPSA) is 26.3 Å². The quantitative estimate of drug-likeness (QED) is 0.302. The van der Waals surface area contributed by atoms with Crippen LogP contribution in [0, 0.1) is 8.99 Å². The minimum absolute atomic E-state index is 0. The zero-order chi connectivity index (χ0) is 12.9. The van der Waals surface area contributed by atoms with Crippen molar-refractivity contribution in [2.75, 3.05) is 0 Å². The van der Waals surface area contributed by atoms with Gasteiger partial charge in [0.15, 0.2) is 13.4 Å². The van der Waals surface area contributed by atoms with Crippen LogP contribution in [-0.4, -0.2) is 5.97 Å². The summed E-state index contributed by atoms with van der Waals surface area (Å²) in [6.45, 7) is 7.41. The lowest BCUT2D eigenvalue weighted by Gasteiger charge is -2.15. The number of hydrogen-bond acceptors (Lipinski definition) is 2. The highest BCUT2D eigenvalue weighted by molar-refractivity contribution is 5.76. The summed E-state index contributed by atoms with van der Waals surface area (Å²) < 4.78 is 8.64. The van der Waals surface area contributed by atoms with Gasteiger partial charge in [0.05, 0.1) is 5.41 Å². The first-order chi connectivity index (χ1) is 7.89. The molecule has 0 fully saturated rings. The lowest BCUT2D eigenvalue weighted by atomic mass is 9.97. The molecular formula is C14H18BrIO2. The van der Waals surface area contributed by atoms with Gasteiger partial charge in [0.2, 0.25) is 0 Å². The van der Waals surface area contributed by atoms with Gasteiger partial charge in [-0.2, -0.15) is 0 Å². The van der Waals surface area contributed by atoms with Crippen LogP contribution in [-0.2, 0) is 9.53 Å². The largest absolute Gasteiger partial charge is 1.00 e. The standard InChI is InChI=1S/C14H18IO2.BrH/c1-11(17-13(16)14(2,3)4)10-15-12-8-6-5-7-9-12;/h5-10H,1-4H3;1H/q+1;/p-1/b11-10-;. The van der Waals surface area contributed by atoms with Gasteiger partial charge in [-0.25, -0.2) is 0 Å². The Morgan fingerprint density at radius 2 is 1.78 bits per heavy atom. The molecule has 18 heavy (non-hydrogen) atoms. The van der Waals surface area contributed by atoms with E-state index in [9.17, 15) is 4.79 Å². The lowest BCUT2D eigenvalue weighted by molar-refractivity contribution is -0.558. The SMILES string of the molecule is C/C(=C/[I+]c1ccccc1)OC(=O)C(C)(C)C.[Br-]. The fourth-order valence-corrected chi connectivity index (χ4v) is 2.70. The molecule has 0 N–H and O–H groups in total. The first kappa shape index (κ1) is 17.6. The van der Waals surface area contributed by atoms with Crippen molar-refractivity contribution in [2.24, 2.45) is 5.41 Å². The molecule has 1 aromatic carbocycles. The number of carbonyl (C=O) groups excluding carboxylic acids is 1. The summed E-state index contributed by atoms with van der Waals surface area (Å²) in [4.78, 5) is 11.6. The van der Waals surface area contributed by atoms with E-state index in [0.717, 1.165) is 0 Å². The highest BCUT2D eigenvalue weighted by Gasteiger charge is 2.24. The second kappa shape index (κ2) is 7.94. The molecule has 1 rings (SSSR count). The van der Waals surface area contributed by atoms with Gasteiger partial charge in [-0.1, -0.05) is 18.2 Å². The predicted molar refractivity (Wildman–Crippen MR) is 64.4 cm³/mol.